The van der Waals surface area contributed by atoms with Gasteiger partial charge in [0.1, 0.15) is 0 Å². The van der Waals surface area contributed by atoms with Crippen LogP contribution in [0.2, 0.25) is 0 Å². The van der Waals surface area contributed by atoms with Crippen molar-refractivity contribution in [3.63, 3.8) is 0 Å². The Labute approximate surface area is 161 Å². The molecule has 4 nitrogen and oxygen atoms in total. The fourth-order valence-electron chi connectivity index (χ4n) is 4.55. The van der Waals surface area contributed by atoms with Crippen molar-refractivity contribution in [2.24, 2.45) is 11.8 Å². The Balaban J connectivity index is 1.40. The van der Waals surface area contributed by atoms with Gasteiger partial charge >= 0.3 is 0 Å². The lowest BCUT2D eigenvalue weighted by Gasteiger charge is -2.38. The number of carbonyl (C=O) groups is 1. The molecule has 1 spiro atoms. The Bertz CT molecular complexity index is 836. The smallest absolute Gasteiger partial charge is 0.227 e. The molecule has 4 rings (SSSR count). The molecule has 0 unspecified atom stereocenters. The summed E-state index contributed by atoms with van der Waals surface area (Å²) in [5, 5.41) is 3.08. The molecule has 1 amide bonds. The van der Waals surface area contributed by atoms with Crippen molar-refractivity contribution in [3.05, 3.63) is 53.2 Å². The first-order valence-corrected chi connectivity index (χ1v) is 9.94. The largest absolute Gasteiger partial charge is 0.476 e. The number of nitrogens with one attached hydrogen (secondary N) is 1. The molecule has 1 N–H and O–H groups in total. The molecule has 2 aromatic rings. The van der Waals surface area contributed by atoms with Gasteiger partial charge in [-0.2, -0.15) is 0 Å². The van der Waals surface area contributed by atoms with Crippen molar-refractivity contribution in [3.8, 4) is 5.88 Å². The third kappa shape index (κ3) is 3.45. The third-order valence-corrected chi connectivity index (χ3v) is 6.47. The molecule has 1 saturated carbocycles. The number of fused-ring (bicyclic) bond motifs is 2. The van der Waals surface area contributed by atoms with Crippen LogP contribution in [0.5, 0.6) is 5.88 Å². The van der Waals surface area contributed by atoms with Crippen LogP contribution >= 0.6 is 0 Å². The number of aryl methyl sites for hydroxylation is 2. The van der Waals surface area contributed by atoms with Gasteiger partial charge in [-0.25, -0.2) is 4.98 Å². The van der Waals surface area contributed by atoms with Gasteiger partial charge in [-0.1, -0.05) is 24.6 Å². The zero-order valence-corrected chi connectivity index (χ0v) is 16.4. The molecule has 1 aliphatic heterocycles. The summed E-state index contributed by atoms with van der Waals surface area (Å²) in [4.78, 5) is 17.2. The first-order valence-electron chi connectivity index (χ1n) is 9.94. The second-order valence-corrected chi connectivity index (χ2v) is 8.42. The van der Waals surface area contributed by atoms with Crippen molar-refractivity contribution >= 4 is 11.6 Å². The summed E-state index contributed by atoms with van der Waals surface area (Å²) in [7, 11) is 0. The predicted molar refractivity (Wildman–Crippen MR) is 107 cm³/mol. The van der Waals surface area contributed by atoms with Crippen LogP contribution in [-0.4, -0.2) is 17.5 Å². The lowest BCUT2D eigenvalue weighted by Crippen LogP contribution is -2.37. The lowest BCUT2D eigenvalue weighted by molar-refractivity contribution is -0.121. The van der Waals surface area contributed by atoms with E-state index in [0.717, 1.165) is 43.9 Å². The van der Waals surface area contributed by atoms with E-state index in [1.807, 2.05) is 37.4 Å². The second-order valence-electron chi connectivity index (χ2n) is 8.42. The molecular formula is C23H28N2O2. The standard InChI is InChI=1S/C23H28N2O2/c1-15-4-6-19(7-5-15)25-21(26)17(3)18-8-10-23(11-9-18)14-27-22-20(23)12-16(2)13-24-22/h4-7,12-13,17-18H,8-11,14H2,1-3H3,(H,25,26)/t17-,18?,23?/m1/s1. The van der Waals surface area contributed by atoms with Gasteiger partial charge in [0, 0.05) is 28.8 Å². The quantitative estimate of drug-likeness (QED) is 0.851. The molecule has 1 atom stereocenters. The Morgan fingerprint density at radius 1 is 1.19 bits per heavy atom. The van der Waals surface area contributed by atoms with E-state index in [1.54, 1.807) is 0 Å². The van der Waals surface area contributed by atoms with Gasteiger partial charge in [-0.3, -0.25) is 4.79 Å². The third-order valence-electron chi connectivity index (χ3n) is 6.47. The van der Waals surface area contributed by atoms with Gasteiger partial charge in [0.15, 0.2) is 0 Å². The molecule has 0 radical (unpaired) electrons. The summed E-state index contributed by atoms with van der Waals surface area (Å²) >= 11 is 0. The zero-order chi connectivity index (χ0) is 19.0. The van der Waals surface area contributed by atoms with Gasteiger partial charge in [-0.05, 0) is 69.2 Å². The van der Waals surface area contributed by atoms with Gasteiger partial charge in [0.25, 0.3) is 0 Å². The summed E-state index contributed by atoms with van der Waals surface area (Å²) < 4.78 is 5.89. The average molecular weight is 364 g/mol. The summed E-state index contributed by atoms with van der Waals surface area (Å²) in [6.07, 6.45) is 6.12. The molecule has 0 saturated heterocycles. The maximum atomic E-state index is 12.7. The van der Waals surface area contributed by atoms with Gasteiger partial charge in [-0.15, -0.1) is 0 Å². The summed E-state index contributed by atoms with van der Waals surface area (Å²) in [6.45, 7) is 6.93. The van der Waals surface area contributed by atoms with Crippen LogP contribution in [0, 0.1) is 25.7 Å². The normalized spacial score (nSPS) is 24.9. The fraction of sp³-hybridized carbons (Fsp3) is 0.478. The number of benzene rings is 1. The number of aromatic nitrogens is 1. The van der Waals surface area contributed by atoms with E-state index >= 15 is 0 Å². The molecule has 27 heavy (non-hydrogen) atoms. The van der Waals surface area contributed by atoms with Crippen molar-refractivity contribution in [1.82, 2.24) is 4.98 Å². The number of pyridine rings is 1. The van der Waals surface area contributed by atoms with Crippen molar-refractivity contribution in [1.29, 1.82) is 0 Å². The molecule has 2 heterocycles. The van der Waals surface area contributed by atoms with Crippen LogP contribution in [-0.2, 0) is 10.2 Å². The van der Waals surface area contributed by atoms with E-state index in [0.29, 0.717) is 5.92 Å². The topological polar surface area (TPSA) is 51.2 Å². The molecule has 1 aromatic heterocycles. The summed E-state index contributed by atoms with van der Waals surface area (Å²) in [5.41, 5.74) is 4.63. The van der Waals surface area contributed by atoms with Crippen LogP contribution in [0.15, 0.2) is 36.5 Å². The minimum atomic E-state index is 0.0149. The van der Waals surface area contributed by atoms with Crippen LogP contribution in [0.1, 0.15) is 49.3 Å². The average Bonchev–Trinajstić information content (AvgIpc) is 3.01. The number of rotatable bonds is 3. The highest BCUT2D eigenvalue weighted by Crippen LogP contribution is 2.49. The molecular weight excluding hydrogens is 336 g/mol. The fourth-order valence-corrected chi connectivity index (χ4v) is 4.55. The van der Waals surface area contributed by atoms with E-state index < -0.39 is 0 Å². The second kappa shape index (κ2) is 6.99. The van der Waals surface area contributed by atoms with Crippen molar-refractivity contribution in [2.45, 2.75) is 51.9 Å². The van der Waals surface area contributed by atoms with Crippen LogP contribution in [0.3, 0.4) is 0 Å². The highest BCUT2D eigenvalue weighted by Gasteiger charge is 2.45. The van der Waals surface area contributed by atoms with Crippen molar-refractivity contribution < 1.29 is 9.53 Å². The number of nitrogens with zero attached hydrogens (tertiary/aromatic N) is 1. The number of amides is 1. The Morgan fingerprint density at radius 2 is 1.89 bits per heavy atom. The van der Waals surface area contributed by atoms with E-state index in [4.69, 9.17) is 4.74 Å². The Kier molecular flexibility index (Phi) is 4.67. The van der Waals surface area contributed by atoms with E-state index in [2.05, 4.69) is 30.2 Å². The minimum Gasteiger partial charge on any atom is -0.476 e. The molecule has 2 aliphatic rings. The Morgan fingerprint density at radius 3 is 2.59 bits per heavy atom. The number of ether oxygens (including phenoxy) is 1. The van der Waals surface area contributed by atoms with Crippen LogP contribution < -0.4 is 10.1 Å². The predicted octanol–water partition coefficient (Wildman–Crippen LogP) is 4.79. The van der Waals surface area contributed by atoms with E-state index in [-0.39, 0.29) is 17.2 Å². The van der Waals surface area contributed by atoms with Crippen LogP contribution in [0.4, 0.5) is 5.69 Å². The van der Waals surface area contributed by atoms with E-state index in [1.165, 1.54) is 16.7 Å². The van der Waals surface area contributed by atoms with Gasteiger partial charge in [0.05, 0.1) is 6.61 Å². The highest BCUT2D eigenvalue weighted by atomic mass is 16.5. The number of anilines is 1. The molecule has 4 heteroatoms. The van der Waals surface area contributed by atoms with Crippen molar-refractivity contribution in [2.75, 3.05) is 11.9 Å². The highest BCUT2D eigenvalue weighted by molar-refractivity contribution is 5.92. The first kappa shape index (κ1) is 18.0. The van der Waals surface area contributed by atoms with E-state index in [9.17, 15) is 4.79 Å². The first-order chi connectivity index (χ1) is 13.0. The maximum Gasteiger partial charge on any atom is 0.227 e. The zero-order valence-electron chi connectivity index (χ0n) is 16.4. The molecule has 0 bridgehead atoms. The molecule has 1 aromatic carbocycles. The number of hydrogen-bond acceptors (Lipinski definition) is 3. The van der Waals surface area contributed by atoms with Gasteiger partial charge < -0.3 is 10.1 Å². The van der Waals surface area contributed by atoms with Gasteiger partial charge in [0.2, 0.25) is 11.8 Å². The SMILES string of the molecule is Cc1ccc(NC(=O)[C@H](C)C2CCC3(CC2)COc2ncc(C)cc23)cc1. The lowest BCUT2D eigenvalue weighted by atomic mass is 9.65. The number of carbonyl (C=O) groups excluding carboxylic acids is 1. The molecule has 142 valence electrons. The monoisotopic (exact) mass is 364 g/mol. The maximum absolute atomic E-state index is 12.7. The van der Waals surface area contributed by atoms with Crippen LogP contribution in [0.25, 0.3) is 0 Å². The number of hydrogen-bond donors (Lipinski definition) is 1. The molecule has 1 aliphatic carbocycles. The summed E-state index contributed by atoms with van der Waals surface area (Å²) in [5.74, 6) is 1.37. The summed E-state index contributed by atoms with van der Waals surface area (Å²) in [6, 6.07) is 10.2. The Hall–Kier alpha value is -2.36. The molecule has 1 fully saturated rings. The minimum absolute atomic E-state index is 0.0149.